The van der Waals surface area contributed by atoms with Crippen molar-refractivity contribution in [1.82, 2.24) is 25.2 Å². The molecule has 2 aromatic rings. The van der Waals surface area contributed by atoms with E-state index in [0.29, 0.717) is 12.2 Å². The van der Waals surface area contributed by atoms with Gasteiger partial charge in [-0.25, -0.2) is 14.5 Å². The van der Waals surface area contributed by atoms with E-state index >= 15 is 0 Å². The Kier molecular flexibility index (Phi) is 4.78. The lowest BCUT2D eigenvalue weighted by atomic mass is 10.2. The largest absolute Gasteiger partial charge is 0.446 e. The van der Waals surface area contributed by atoms with Gasteiger partial charge in [-0.05, 0) is 39.5 Å². The summed E-state index contributed by atoms with van der Waals surface area (Å²) in [6.45, 7) is 3.81. The molecular formula is C18H24N6O4. The van der Waals surface area contributed by atoms with Crippen LogP contribution in [0.2, 0.25) is 0 Å². The smallest absolute Gasteiger partial charge is 0.407 e. The van der Waals surface area contributed by atoms with Crippen molar-refractivity contribution in [3.05, 3.63) is 23.8 Å². The number of aryl methyl sites for hydroxylation is 1. The van der Waals surface area contributed by atoms with Crippen LogP contribution in [0, 0.1) is 6.92 Å². The van der Waals surface area contributed by atoms with Crippen molar-refractivity contribution in [2.24, 2.45) is 0 Å². The van der Waals surface area contributed by atoms with Gasteiger partial charge in [0.25, 0.3) is 0 Å². The molecule has 0 aromatic carbocycles. The quantitative estimate of drug-likeness (QED) is 0.777. The van der Waals surface area contributed by atoms with Crippen LogP contribution < -0.4 is 10.6 Å². The maximum absolute atomic E-state index is 12.1. The van der Waals surface area contributed by atoms with Crippen molar-refractivity contribution in [3.63, 3.8) is 0 Å². The third kappa shape index (κ3) is 4.49. The summed E-state index contributed by atoms with van der Waals surface area (Å²) >= 11 is 0. The Morgan fingerprint density at radius 2 is 2.21 bits per heavy atom. The Labute approximate surface area is 162 Å². The summed E-state index contributed by atoms with van der Waals surface area (Å²) < 4.78 is 12.3. The zero-order chi connectivity index (χ0) is 19.7. The molecule has 2 atom stereocenters. The highest BCUT2D eigenvalue weighted by atomic mass is 16.6. The lowest BCUT2D eigenvalue weighted by Gasteiger charge is -2.16. The van der Waals surface area contributed by atoms with E-state index in [1.54, 1.807) is 24.0 Å². The number of rotatable bonds is 6. The summed E-state index contributed by atoms with van der Waals surface area (Å²) in [5, 5.41) is 13.6. The van der Waals surface area contributed by atoms with Crippen molar-refractivity contribution in [2.45, 2.75) is 70.1 Å². The Morgan fingerprint density at radius 3 is 2.93 bits per heavy atom. The van der Waals surface area contributed by atoms with Gasteiger partial charge in [-0.3, -0.25) is 10.1 Å². The number of ether oxygens (including phenoxy) is 1. The molecule has 2 N–H and O–H groups in total. The minimum Gasteiger partial charge on any atom is -0.446 e. The number of aromatic nitrogens is 4. The Bertz CT molecular complexity index is 871. The zero-order valence-electron chi connectivity index (χ0n) is 16.0. The molecule has 10 nitrogen and oxygen atoms in total. The summed E-state index contributed by atoms with van der Waals surface area (Å²) in [6.07, 6.45) is 5.47. The SMILES string of the molecule is Cc1cc(CC(=O)Nc2ncn([C@H]3CC[C@@H](OC(=O)NC4(C)CC4)C3)n2)on1. The van der Waals surface area contributed by atoms with Crippen molar-refractivity contribution >= 4 is 17.9 Å². The summed E-state index contributed by atoms with van der Waals surface area (Å²) in [7, 11) is 0. The summed E-state index contributed by atoms with van der Waals surface area (Å²) in [6, 6.07) is 1.80. The average Bonchev–Trinajstić information content (AvgIpc) is 3.05. The predicted molar refractivity (Wildman–Crippen MR) is 97.5 cm³/mol. The first kappa shape index (κ1) is 18.5. The molecule has 2 aliphatic rings. The number of carbonyl (C=O) groups excluding carboxylic acids is 2. The number of hydrogen-bond donors (Lipinski definition) is 2. The molecule has 0 spiro atoms. The van der Waals surface area contributed by atoms with Gasteiger partial charge in [0, 0.05) is 18.0 Å². The van der Waals surface area contributed by atoms with E-state index in [1.165, 1.54) is 0 Å². The first-order valence-corrected chi connectivity index (χ1v) is 9.50. The van der Waals surface area contributed by atoms with Gasteiger partial charge in [-0.1, -0.05) is 5.16 Å². The topological polar surface area (TPSA) is 124 Å². The molecule has 10 heteroatoms. The second-order valence-electron chi connectivity index (χ2n) is 7.89. The second-order valence-corrected chi connectivity index (χ2v) is 7.89. The van der Waals surface area contributed by atoms with Crippen LogP contribution in [0.5, 0.6) is 0 Å². The van der Waals surface area contributed by atoms with Gasteiger partial charge in [-0.15, -0.1) is 5.10 Å². The van der Waals surface area contributed by atoms with Crippen LogP contribution >= 0.6 is 0 Å². The Balaban J connectivity index is 1.26. The van der Waals surface area contributed by atoms with Gasteiger partial charge in [0.15, 0.2) is 0 Å². The molecule has 28 heavy (non-hydrogen) atoms. The molecule has 2 amide bonds. The van der Waals surface area contributed by atoms with Gasteiger partial charge in [-0.2, -0.15) is 0 Å². The van der Waals surface area contributed by atoms with Gasteiger partial charge in [0.1, 0.15) is 18.2 Å². The number of nitrogens with one attached hydrogen (secondary N) is 2. The number of carbonyl (C=O) groups is 2. The first-order valence-electron chi connectivity index (χ1n) is 9.50. The maximum atomic E-state index is 12.1. The van der Waals surface area contributed by atoms with E-state index in [9.17, 15) is 9.59 Å². The molecule has 2 saturated carbocycles. The summed E-state index contributed by atoms with van der Waals surface area (Å²) in [5.74, 6) is 0.459. The second kappa shape index (κ2) is 7.25. The van der Waals surface area contributed by atoms with Crippen LogP contribution in [0.25, 0.3) is 0 Å². The molecule has 2 aromatic heterocycles. The lowest BCUT2D eigenvalue weighted by molar-refractivity contribution is -0.115. The number of amides is 2. The minimum absolute atomic E-state index is 0.0722. The average molecular weight is 388 g/mol. The van der Waals surface area contributed by atoms with Crippen LogP contribution in [-0.4, -0.2) is 43.6 Å². The molecule has 2 fully saturated rings. The van der Waals surface area contributed by atoms with E-state index in [0.717, 1.165) is 31.4 Å². The van der Waals surface area contributed by atoms with Crippen molar-refractivity contribution in [2.75, 3.05) is 5.32 Å². The highest BCUT2D eigenvalue weighted by Gasteiger charge is 2.40. The van der Waals surface area contributed by atoms with E-state index in [2.05, 4.69) is 25.9 Å². The molecule has 2 heterocycles. The molecule has 0 aliphatic heterocycles. The highest BCUT2D eigenvalue weighted by Crippen LogP contribution is 2.35. The fraction of sp³-hybridized carbons (Fsp3) is 0.611. The van der Waals surface area contributed by atoms with Crippen molar-refractivity contribution in [1.29, 1.82) is 0 Å². The number of hydrogen-bond acceptors (Lipinski definition) is 7. The Morgan fingerprint density at radius 1 is 1.39 bits per heavy atom. The Hall–Kier alpha value is -2.91. The predicted octanol–water partition coefficient (Wildman–Crippen LogP) is 2.13. The summed E-state index contributed by atoms with van der Waals surface area (Å²) in [4.78, 5) is 28.2. The third-order valence-corrected chi connectivity index (χ3v) is 5.18. The first-order chi connectivity index (χ1) is 13.4. The summed E-state index contributed by atoms with van der Waals surface area (Å²) in [5.41, 5.74) is 0.640. The van der Waals surface area contributed by atoms with E-state index in [-0.39, 0.29) is 42.1 Å². The van der Waals surface area contributed by atoms with E-state index in [1.807, 2.05) is 6.92 Å². The van der Waals surface area contributed by atoms with Gasteiger partial charge < -0.3 is 14.6 Å². The zero-order valence-corrected chi connectivity index (χ0v) is 16.0. The number of nitrogens with zero attached hydrogens (tertiary/aromatic N) is 4. The van der Waals surface area contributed by atoms with Crippen molar-refractivity contribution < 1.29 is 18.8 Å². The highest BCUT2D eigenvalue weighted by molar-refractivity contribution is 5.90. The fourth-order valence-electron chi connectivity index (χ4n) is 3.34. The molecule has 0 unspecified atom stereocenters. The molecule has 4 rings (SSSR count). The third-order valence-electron chi connectivity index (χ3n) is 5.18. The van der Waals surface area contributed by atoms with Crippen molar-refractivity contribution in [3.8, 4) is 0 Å². The standard InChI is InChI=1S/C18H24N6O4/c1-11-7-14(28-23-11)9-15(25)20-16-19-10-24(22-16)12-3-4-13(8-12)27-17(26)21-18(2)5-6-18/h7,10,12-13H,3-6,8-9H2,1-2H3,(H,21,26)(H,20,22,25)/t12-,13+/m0/s1. The van der Waals surface area contributed by atoms with Gasteiger partial charge in [0.2, 0.25) is 11.9 Å². The van der Waals surface area contributed by atoms with E-state index < -0.39 is 0 Å². The normalized spacial score (nSPS) is 22.6. The van der Waals surface area contributed by atoms with Crippen LogP contribution in [0.1, 0.15) is 56.5 Å². The maximum Gasteiger partial charge on any atom is 0.407 e. The molecule has 150 valence electrons. The van der Waals surface area contributed by atoms with Gasteiger partial charge in [0.05, 0.1) is 18.2 Å². The lowest BCUT2D eigenvalue weighted by Crippen LogP contribution is -2.36. The fourth-order valence-corrected chi connectivity index (χ4v) is 3.34. The van der Waals surface area contributed by atoms with Crippen LogP contribution in [-0.2, 0) is 16.0 Å². The number of anilines is 1. The van der Waals surface area contributed by atoms with Gasteiger partial charge >= 0.3 is 6.09 Å². The van der Waals surface area contributed by atoms with Crippen LogP contribution in [0.15, 0.2) is 16.9 Å². The molecule has 0 bridgehead atoms. The minimum atomic E-state index is -0.347. The van der Waals surface area contributed by atoms with Crippen LogP contribution in [0.3, 0.4) is 0 Å². The molecular weight excluding hydrogens is 364 g/mol. The van der Waals surface area contributed by atoms with Crippen LogP contribution in [0.4, 0.5) is 10.7 Å². The molecule has 2 aliphatic carbocycles. The van der Waals surface area contributed by atoms with E-state index in [4.69, 9.17) is 9.26 Å². The monoisotopic (exact) mass is 388 g/mol. The molecule has 0 saturated heterocycles. The molecule has 0 radical (unpaired) electrons. The number of alkyl carbamates (subject to hydrolysis) is 1.